The Bertz CT molecular complexity index is 1230. The van der Waals surface area contributed by atoms with E-state index >= 15 is 0 Å². The zero-order chi connectivity index (χ0) is 23.7. The summed E-state index contributed by atoms with van der Waals surface area (Å²) < 4.78 is 5.18. The van der Waals surface area contributed by atoms with Gasteiger partial charge < -0.3 is 14.5 Å². The predicted molar refractivity (Wildman–Crippen MR) is 127 cm³/mol. The predicted octanol–water partition coefficient (Wildman–Crippen LogP) is 2.74. The van der Waals surface area contributed by atoms with Crippen LogP contribution in [-0.4, -0.2) is 52.8 Å². The van der Waals surface area contributed by atoms with Gasteiger partial charge in [-0.1, -0.05) is 17.4 Å². The van der Waals surface area contributed by atoms with Crippen molar-refractivity contribution in [1.82, 2.24) is 14.9 Å². The second-order valence-electron chi connectivity index (χ2n) is 8.17. The van der Waals surface area contributed by atoms with E-state index < -0.39 is 0 Å². The minimum absolute atomic E-state index is 0.0255. The Kier molecular flexibility index (Phi) is 5.97. The van der Waals surface area contributed by atoms with Gasteiger partial charge in [-0.3, -0.25) is 24.7 Å². The van der Waals surface area contributed by atoms with E-state index in [2.05, 4.69) is 15.3 Å². The number of carbonyl (C=O) groups is 3. The topological polar surface area (TPSA) is 105 Å². The first-order valence-electron chi connectivity index (χ1n) is 11.0. The Labute approximate surface area is 200 Å². The van der Waals surface area contributed by atoms with Crippen molar-refractivity contribution in [2.45, 2.75) is 19.4 Å². The lowest BCUT2D eigenvalue weighted by atomic mass is 10.1. The van der Waals surface area contributed by atoms with Gasteiger partial charge in [-0.15, -0.1) is 0 Å². The Balaban J connectivity index is 1.23. The van der Waals surface area contributed by atoms with Crippen LogP contribution < -0.4 is 15.0 Å². The Morgan fingerprint density at radius 1 is 1.18 bits per heavy atom. The first-order valence-corrected chi connectivity index (χ1v) is 11.8. The molecule has 0 saturated carbocycles. The van der Waals surface area contributed by atoms with Crippen LogP contribution in [0.4, 0.5) is 10.8 Å². The lowest BCUT2D eigenvalue weighted by molar-refractivity contribution is -0.136. The molecule has 4 heterocycles. The van der Waals surface area contributed by atoms with Gasteiger partial charge in [-0.05, 0) is 36.4 Å². The number of thiazole rings is 1. The van der Waals surface area contributed by atoms with E-state index in [-0.39, 0.29) is 30.1 Å². The van der Waals surface area contributed by atoms with E-state index in [9.17, 15) is 14.4 Å². The van der Waals surface area contributed by atoms with Crippen LogP contribution in [0.2, 0.25) is 0 Å². The van der Waals surface area contributed by atoms with Gasteiger partial charge in [0, 0.05) is 42.7 Å². The first-order chi connectivity index (χ1) is 16.5. The summed E-state index contributed by atoms with van der Waals surface area (Å²) in [6.07, 6.45) is 2.37. The molecular weight excluding hydrogens is 454 g/mol. The highest BCUT2D eigenvalue weighted by atomic mass is 32.1. The van der Waals surface area contributed by atoms with Gasteiger partial charge in [0.15, 0.2) is 5.13 Å². The van der Waals surface area contributed by atoms with Gasteiger partial charge >= 0.3 is 0 Å². The van der Waals surface area contributed by atoms with Crippen LogP contribution in [0.15, 0.2) is 48.7 Å². The molecule has 10 heteroatoms. The van der Waals surface area contributed by atoms with Crippen molar-refractivity contribution in [3.63, 3.8) is 0 Å². The molecule has 1 N–H and O–H groups in total. The maximum atomic E-state index is 13.2. The van der Waals surface area contributed by atoms with Gasteiger partial charge in [0.05, 0.1) is 25.3 Å². The summed E-state index contributed by atoms with van der Waals surface area (Å²) in [6, 6.07) is 12.4. The van der Waals surface area contributed by atoms with Crippen LogP contribution in [0.5, 0.6) is 5.75 Å². The van der Waals surface area contributed by atoms with Crippen molar-refractivity contribution < 1.29 is 19.1 Å². The first kappa shape index (κ1) is 22.0. The summed E-state index contributed by atoms with van der Waals surface area (Å²) in [4.78, 5) is 51.2. The van der Waals surface area contributed by atoms with Crippen molar-refractivity contribution >= 4 is 39.9 Å². The van der Waals surface area contributed by atoms with Crippen LogP contribution in [0.1, 0.15) is 27.5 Å². The molecule has 9 nitrogen and oxygen atoms in total. The molecule has 2 aliphatic rings. The smallest absolute Gasteiger partial charge is 0.276 e. The number of nitrogens with one attached hydrogen (secondary N) is 1. The number of anilines is 2. The molecule has 3 aromatic rings. The highest BCUT2D eigenvalue weighted by Gasteiger charge is 2.38. The number of carbonyl (C=O) groups excluding carboxylic acids is 3. The molecule has 1 saturated heterocycles. The van der Waals surface area contributed by atoms with Gasteiger partial charge in [0.1, 0.15) is 11.4 Å². The molecule has 0 spiro atoms. The molecule has 1 fully saturated rings. The van der Waals surface area contributed by atoms with E-state index in [4.69, 9.17) is 4.74 Å². The third kappa shape index (κ3) is 4.36. The monoisotopic (exact) mass is 477 g/mol. The number of benzene rings is 1. The molecule has 174 valence electrons. The normalized spacial score (nSPS) is 17.4. The second kappa shape index (κ2) is 9.22. The molecule has 0 bridgehead atoms. The average Bonchev–Trinajstić information content (AvgIpc) is 3.46. The third-order valence-electron chi connectivity index (χ3n) is 6.02. The molecule has 2 aliphatic heterocycles. The van der Waals surface area contributed by atoms with Crippen molar-refractivity contribution in [2.75, 3.05) is 30.4 Å². The maximum Gasteiger partial charge on any atom is 0.276 e. The van der Waals surface area contributed by atoms with Crippen LogP contribution in [0.3, 0.4) is 0 Å². The van der Waals surface area contributed by atoms with Crippen LogP contribution in [0.25, 0.3) is 0 Å². The fourth-order valence-corrected chi connectivity index (χ4v) is 5.26. The SMILES string of the molecule is COc1ccc(N2CC(C(=O)N3CCc4nc(NC(=O)c5ccccn5)sc4C3)CC2=O)cc1. The number of fused-ring (bicyclic) bond motifs is 1. The maximum absolute atomic E-state index is 13.2. The number of amides is 3. The fourth-order valence-electron chi connectivity index (χ4n) is 4.24. The lowest BCUT2D eigenvalue weighted by Gasteiger charge is -2.28. The molecule has 1 atom stereocenters. The molecule has 2 aromatic heterocycles. The fraction of sp³-hybridized carbons (Fsp3) is 0.292. The summed E-state index contributed by atoms with van der Waals surface area (Å²) in [5.74, 6) is -0.0663. The summed E-state index contributed by atoms with van der Waals surface area (Å²) in [5.41, 5.74) is 1.98. The number of rotatable bonds is 5. The summed E-state index contributed by atoms with van der Waals surface area (Å²) >= 11 is 1.37. The number of hydrogen-bond donors (Lipinski definition) is 1. The second-order valence-corrected chi connectivity index (χ2v) is 9.25. The van der Waals surface area contributed by atoms with Gasteiger partial charge in [-0.2, -0.15) is 0 Å². The number of methoxy groups -OCH3 is 1. The standard InChI is InChI=1S/C24H23N5O4S/c1-33-17-7-5-16(6-8-17)29-13-15(12-21(29)30)23(32)28-11-9-18-20(14-28)34-24(26-18)27-22(31)19-4-2-3-10-25-19/h2-8,10,15H,9,11-14H2,1H3,(H,26,27,31). The largest absolute Gasteiger partial charge is 0.497 e. The highest BCUT2D eigenvalue weighted by Crippen LogP contribution is 2.32. The number of aromatic nitrogens is 2. The summed E-state index contributed by atoms with van der Waals surface area (Å²) in [5, 5.41) is 3.29. The zero-order valence-electron chi connectivity index (χ0n) is 18.6. The Hall–Kier alpha value is -3.79. The Morgan fingerprint density at radius 2 is 2.00 bits per heavy atom. The van der Waals surface area contributed by atoms with Crippen molar-refractivity contribution in [2.24, 2.45) is 5.92 Å². The van der Waals surface area contributed by atoms with Gasteiger partial charge in [-0.25, -0.2) is 4.98 Å². The van der Waals surface area contributed by atoms with Gasteiger partial charge in [0.25, 0.3) is 5.91 Å². The Morgan fingerprint density at radius 3 is 2.74 bits per heavy atom. The molecule has 34 heavy (non-hydrogen) atoms. The van der Waals surface area contributed by atoms with E-state index in [1.807, 2.05) is 12.1 Å². The lowest BCUT2D eigenvalue weighted by Crippen LogP contribution is -2.40. The van der Waals surface area contributed by atoms with E-state index in [0.29, 0.717) is 42.6 Å². The molecule has 1 unspecified atom stereocenters. The molecule has 0 aliphatic carbocycles. The van der Waals surface area contributed by atoms with E-state index in [1.165, 1.54) is 11.3 Å². The molecule has 1 aromatic carbocycles. The van der Waals surface area contributed by atoms with Gasteiger partial charge in [0.2, 0.25) is 11.8 Å². The average molecular weight is 478 g/mol. The minimum atomic E-state index is -0.382. The van der Waals surface area contributed by atoms with Crippen molar-refractivity contribution in [3.05, 3.63) is 64.9 Å². The van der Waals surface area contributed by atoms with Crippen molar-refractivity contribution in [3.8, 4) is 5.75 Å². The molecule has 3 amide bonds. The zero-order valence-corrected chi connectivity index (χ0v) is 19.4. The number of hydrogen-bond acceptors (Lipinski definition) is 7. The number of pyridine rings is 1. The van der Waals surface area contributed by atoms with Crippen LogP contribution in [0, 0.1) is 5.92 Å². The molecule has 0 radical (unpaired) electrons. The minimum Gasteiger partial charge on any atom is -0.497 e. The van der Waals surface area contributed by atoms with Crippen LogP contribution in [-0.2, 0) is 22.6 Å². The number of ether oxygens (including phenoxy) is 1. The van der Waals surface area contributed by atoms with Crippen LogP contribution >= 0.6 is 11.3 Å². The third-order valence-corrected chi connectivity index (χ3v) is 7.02. The number of nitrogens with zero attached hydrogens (tertiary/aromatic N) is 4. The highest BCUT2D eigenvalue weighted by molar-refractivity contribution is 7.15. The summed E-state index contributed by atoms with van der Waals surface area (Å²) in [7, 11) is 1.59. The quantitative estimate of drug-likeness (QED) is 0.606. The van der Waals surface area contributed by atoms with E-state index in [1.54, 1.807) is 53.4 Å². The summed E-state index contributed by atoms with van der Waals surface area (Å²) in [6.45, 7) is 1.33. The van der Waals surface area contributed by atoms with E-state index in [0.717, 1.165) is 16.3 Å². The molecular formula is C24H23N5O4S. The van der Waals surface area contributed by atoms with Crippen molar-refractivity contribution in [1.29, 1.82) is 0 Å². The molecule has 5 rings (SSSR count).